The van der Waals surface area contributed by atoms with Gasteiger partial charge in [0.15, 0.2) is 0 Å². The topological polar surface area (TPSA) is 55.8 Å². The van der Waals surface area contributed by atoms with Gasteiger partial charge < -0.3 is 4.74 Å². The first-order valence-electron chi connectivity index (χ1n) is 6.54. The average molecular weight is 244 g/mol. The van der Waals surface area contributed by atoms with Crippen molar-refractivity contribution in [2.45, 2.75) is 64.4 Å². The Balaban J connectivity index is 2.33. The molecule has 0 unspecified atom stereocenters. The fourth-order valence-electron chi connectivity index (χ4n) is 2.51. The molecular weight excluding hydrogens is 220 g/mol. The number of carbonyl (C=O) groups is 1. The predicted molar refractivity (Wildman–Crippen MR) is 64.6 cm³/mol. The lowest BCUT2D eigenvalue weighted by atomic mass is 9.79. The largest absolute Gasteiger partial charge is 0.459 e. The van der Waals surface area contributed by atoms with Gasteiger partial charge in [0.25, 0.3) is 0 Å². The highest BCUT2D eigenvalue weighted by atomic mass is 17.1. The van der Waals surface area contributed by atoms with Crippen LogP contribution < -0.4 is 0 Å². The van der Waals surface area contributed by atoms with Gasteiger partial charge in [-0.25, -0.2) is 4.89 Å². The first-order chi connectivity index (χ1) is 8.06. The Morgan fingerprint density at radius 2 is 1.94 bits per heavy atom. The van der Waals surface area contributed by atoms with E-state index in [9.17, 15) is 4.79 Å². The Hall–Kier alpha value is -0.610. The van der Waals surface area contributed by atoms with Gasteiger partial charge in [0.1, 0.15) is 5.60 Å². The molecule has 4 nitrogen and oxygen atoms in total. The minimum atomic E-state index is -0.364. The van der Waals surface area contributed by atoms with Gasteiger partial charge in [0, 0.05) is 6.42 Å². The molecule has 0 aromatic heterocycles. The fourth-order valence-corrected chi connectivity index (χ4v) is 2.51. The molecule has 1 aliphatic carbocycles. The third kappa shape index (κ3) is 5.04. The quantitative estimate of drug-likeness (QED) is 0.337. The molecule has 0 radical (unpaired) electrons. The lowest BCUT2D eigenvalue weighted by Gasteiger charge is -2.36. The van der Waals surface area contributed by atoms with Crippen LogP contribution in [-0.2, 0) is 14.4 Å². The molecule has 1 aliphatic rings. The summed E-state index contributed by atoms with van der Waals surface area (Å²) in [4.78, 5) is 15.5. The summed E-state index contributed by atoms with van der Waals surface area (Å²) in [5.74, 6) is 0.284. The molecule has 17 heavy (non-hydrogen) atoms. The van der Waals surface area contributed by atoms with Gasteiger partial charge in [0.2, 0.25) is 0 Å². The van der Waals surface area contributed by atoms with Crippen LogP contribution in [0.2, 0.25) is 0 Å². The van der Waals surface area contributed by atoms with Gasteiger partial charge >= 0.3 is 5.97 Å². The lowest BCUT2D eigenvalue weighted by molar-refractivity contribution is -0.243. The standard InChI is InChI=1S/C13H24O4/c1-13(2,11-7-4-3-5-8-11)17-12(14)9-6-10-16-15/h11,15H,3-10H2,1-2H3. The van der Waals surface area contributed by atoms with Crippen LogP contribution in [0.3, 0.4) is 0 Å². The molecule has 1 fully saturated rings. The van der Waals surface area contributed by atoms with Crippen molar-refractivity contribution in [3.05, 3.63) is 0 Å². The van der Waals surface area contributed by atoms with Crippen LogP contribution in [0.1, 0.15) is 58.8 Å². The highest BCUT2D eigenvalue weighted by molar-refractivity contribution is 5.69. The highest BCUT2D eigenvalue weighted by Gasteiger charge is 2.33. The van der Waals surface area contributed by atoms with E-state index >= 15 is 0 Å². The number of esters is 1. The maximum Gasteiger partial charge on any atom is 0.306 e. The second kappa shape index (κ2) is 6.97. The average Bonchev–Trinajstić information content (AvgIpc) is 2.30. The van der Waals surface area contributed by atoms with Crippen molar-refractivity contribution < 1.29 is 19.7 Å². The number of ether oxygens (including phenoxy) is 1. The maximum atomic E-state index is 11.6. The van der Waals surface area contributed by atoms with Gasteiger partial charge in [0.05, 0.1) is 6.61 Å². The Labute approximate surface area is 103 Å². The van der Waals surface area contributed by atoms with Gasteiger partial charge in [-0.05, 0) is 39.0 Å². The van der Waals surface area contributed by atoms with E-state index in [-0.39, 0.29) is 18.2 Å². The zero-order valence-electron chi connectivity index (χ0n) is 10.9. The van der Waals surface area contributed by atoms with E-state index in [1.165, 1.54) is 19.3 Å². The summed E-state index contributed by atoms with van der Waals surface area (Å²) in [6.45, 7) is 4.19. The van der Waals surface area contributed by atoms with Crippen LogP contribution in [0, 0.1) is 5.92 Å². The second-order valence-electron chi connectivity index (χ2n) is 5.35. The molecule has 0 bridgehead atoms. The van der Waals surface area contributed by atoms with Crippen LogP contribution >= 0.6 is 0 Å². The smallest absolute Gasteiger partial charge is 0.306 e. The molecule has 0 aliphatic heterocycles. The van der Waals surface area contributed by atoms with E-state index in [0.29, 0.717) is 18.8 Å². The van der Waals surface area contributed by atoms with E-state index < -0.39 is 0 Å². The fraction of sp³-hybridized carbons (Fsp3) is 0.923. The Kier molecular flexibility index (Phi) is 5.92. The first kappa shape index (κ1) is 14.5. The molecule has 0 amide bonds. The summed E-state index contributed by atoms with van der Waals surface area (Å²) in [5.41, 5.74) is -0.364. The molecule has 1 N–H and O–H groups in total. The molecular formula is C13H24O4. The van der Waals surface area contributed by atoms with Crippen molar-refractivity contribution in [3.8, 4) is 0 Å². The van der Waals surface area contributed by atoms with Crippen molar-refractivity contribution in [1.82, 2.24) is 0 Å². The highest BCUT2D eigenvalue weighted by Crippen LogP contribution is 2.34. The maximum absolute atomic E-state index is 11.6. The first-order valence-corrected chi connectivity index (χ1v) is 6.54. The molecule has 0 heterocycles. The molecule has 0 spiro atoms. The van der Waals surface area contributed by atoms with E-state index in [2.05, 4.69) is 4.89 Å². The normalized spacial score (nSPS) is 18.1. The number of hydrogen-bond acceptors (Lipinski definition) is 4. The van der Waals surface area contributed by atoms with Gasteiger partial charge in [-0.15, -0.1) is 0 Å². The lowest BCUT2D eigenvalue weighted by Crippen LogP contribution is -2.37. The molecule has 1 saturated carbocycles. The number of hydrogen-bond donors (Lipinski definition) is 1. The van der Waals surface area contributed by atoms with Gasteiger partial charge in [-0.2, -0.15) is 0 Å². The van der Waals surface area contributed by atoms with Crippen molar-refractivity contribution >= 4 is 5.97 Å². The third-order valence-electron chi connectivity index (χ3n) is 3.58. The summed E-state index contributed by atoms with van der Waals surface area (Å²) in [6, 6.07) is 0. The van der Waals surface area contributed by atoms with Crippen LogP contribution in [0.25, 0.3) is 0 Å². The summed E-state index contributed by atoms with van der Waals surface area (Å²) in [6.07, 6.45) is 6.88. The number of rotatable bonds is 6. The minimum Gasteiger partial charge on any atom is -0.459 e. The summed E-state index contributed by atoms with van der Waals surface area (Å²) < 4.78 is 5.55. The van der Waals surface area contributed by atoms with E-state index in [4.69, 9.17) is 9.99 Å². The van der Waals surface area contributed by atoms with Gasteiger partial charge in [-0.3, -0.25) is 10.1 Å². The van der Waals surface area contributed by atoms with Crippen molar-refractivity contribution in [3.63, 3.8) is 0 Å². The van der Waals surface area contributed by atoms with Crippen molar-refractivity contribution in [2.24, 2.45) is 5.92 Å². The molecule has 0 aromatic carbocycles. The minimum absolute atomic E-state index is 0.180. The monoisotopic (exact) mass is 244 g/mol. The molecule has 0 saturated heterocycles. The van der Waals surface area contributed by atoms with Crippen LogP contribution in [-0.4, -0.2) is 23.4 Å². The van der Waals surface area contributed by atoms with E-state index in [1.54, 1.807) is 0 Å². The molecule has 1 rings (SSSR count). The Bertz CT molecular complexity index is 232. The number of carbonyl (C=O) groups excluding carboxylic acids is 1. The van der Waals surface area contributed by atoms with Crippen LogP contribution in [0.5, 0.6) is 0 Å². The Morgan fingerprint density at radius 3 is 2.53 bits per heavy atom. The van der Waals surface area contributed by atoms with Crippen molar-refractivity contribution in [2.75, 3.05) is 6.61 Å². The molecule has 4 heteroatoms. The Morgan fingerprint density at radius 1 is 1.29 bits per heavy atom. The SMILES string of the molecule is CC(C)(OC(=O)CCCOO)C1CCCCC1. The van der Waals surface area contributed by atoms with Gasteiger partial charge in [-0.1, -0.05) is 19.3 Å². The second-order valence-corrected chi connectivity index (χ2v) is 5.35. The zero-order valence-corrected chi connectivity index (χ0v) is 10.9. The summed E-state index contributed by atoms with van der Waals surface area (Å²) in [7, 11) is 0. The van der Waals surface area contributed by atoms with Crippen molar-refractivity contribution in [1.29, 1.82) is 0 Å². The molecule has 100 valence electrons. The summed E-state index contributed by atoms with van der Waals surface area (Å²) in [5, 5.41) is 8.16. The predicted octanol–water partition coefficient (Wildman–Crippen LogP) is 3.16. The van der Waals surface area contributed by atoms with Crippen LogP contribution in [0.15, 0.2) is 0 Å². The molecule has 0 atom stereocenters. The summed E-state index contributed by atoms with van der Waals surface area (Å²) >= 11 is 0. The zero-order chi connectivity index (χ0) is 12.7. The van der Waals surface area contributed by atoms with E-state index in [0.717, 1.165) is 12.8 Å². The van der Waals surface area contributed by atoms with E-state index in [1.807, 2.05) is 13.8 Å². The molecule has 0 aromatic rings. The third-order valence-corrected chi connectivity index (χ3v) is 3.58. The van der Waals surface area contributed by atoms with Crippen LogP contribution in [0.4, 0.5) is 0 Å².